The number of hydrogen-bond acceptors (Lipinski definition) is 5. The van der Waals surface area contributed by atoms with Crippen molar-refractivity contribution in [1.29, 1.82) is 0 Å². The fourth-order valence-electron chi connectivity index (χ4n) is 3.11. The molecule has 0 saturated heterocycles. The minimum Gasteiger partial charge on any atom is -0.481 e. The average molecular weight is 566 g/mol. The number of hydrogen-bond donors (Lipinski definition) is 2. The minimum absolute atomic E-state index is 0.122. The molecular formula is C21H14Br2N2O5S. The van der Waals surface area contributed by atoms with Crippen LogP contribution in [-0.2, 0) is 21.1 Å². The van der Waals surface area contributed by atoms with Gasteiger partial charge < -0.3 is 14.8 Å². The van der Waals surface area contributed by atoms with Crippen LogP contribution in [0.15, 0.2) is 79.8 Å². The second-order valence-corrected chi connectivity index (χ2v) is 10.2. The first-order valence-corrected chi connectivity index (χ1v) is 12.0. The smallest absolute Gasteiger partial charge is 0.307 e. The van der Waals surface area contributed by atoms with E-state index >= 15 is 0 Å². The third kappa shape index (κ3) is 4.36. The van der Waals surface area contributed by atoms with Gasteiger partial charge in [0.1, 0.15) is 5.75 Å². The predicted molar refractivity (Wildman–Crippen MR) is 121 cm³/mol. The van der Waals surface area contributed by atoms with E-state index in [0.29, 0.717) is 36.9 Å². The molecule has 0 amide bonds. The van der Waals surface area contributed by atoms with Gasteiger partial charge in [0.05, 0.1) is 25.2 Å². The lowest BCUT2D eigenvalue weighted by Crippen LogP contribution is -2.01. The standard InChI is InChI=1S/C21H14Br2N2O5S/c22-16-7-12(9-20(26)27)8-17(23)21(16)30-13-1-2-18-15(10-13)19(11-25-18)31(28,29)14-3-5-24-6-4-14/h1-8,10-11,25H,9H2,(H,26,27). The van der Waals surface area contributed by atoms with Gasteiger partial charge in [-0.05, 0) is 79.9 Å². The molecule has 2 N–H and O–H groups in total. The molecule has 4 aromatic rings. The Balaban J connectivity index is 1.73. The van der Waals surface area contributed by atoms with Crippen LogP contribution < -0.4 is 4.74 Å². The Morgan fingerprint density at radius 3 is 2.39 bits per heavy atom. The first-order valence-electron chi connectivity index (χ1n) is 8.89. The van der Waals surface area contributed by atoms with E-state index in [1.54, 1.807) is 30.3 Å². The lowest BCUT2D eigenvalue weighted by atomic mass is 10.1. The van der Waals surface area contributed by atoms with Crippen molar-refractivity contribution in [3.05, 3.63) is 75.6 Å². The molecule has 2 aromatic heterocycles. The molecule has 0 radical (unpaired) electrons. The number of sulfone groups is 1. The van der Waals surface area contributed by atoms with Crippen LogP contribution in [0.2, 0.25) is 0 Å². The van der Waals surface area contributed by atoms with Crippen molar-refractivity contribution in [3.63, 3.8) is 0 Å². The van der Waals surface area contributed by atoms with E-state index in [9.17, 15) is 13.2 Å². The van der Waals surface area contributed by atoms with Gasteiger partial charge in [-0.2, -0.15) is 0 Å². The average Bonchev–Trinajstić information content (AvgIpc) is 3.15. The third-order valence-electron chi connectivity index (χ3n) is 4.50. The highest BCUT2D eigenvalue weighted by atomic mass is 79.9. The van der Waals surface area contributed by atoms with Crippen molar-refractivity contribution in [2.75, 3.05) is 0 Å². The Kier molecular flexibility index (Phi) is 5.87. The summed E-state index contributed by atoms with van der Waals surface area (Å²) < 4.78 is 33.2. The van der Waals surface area contributed by atoms with Crippen LogP contribution in [0.1, 0.15) is 5.56 Å². The van der Waals surface area contributed by atoms with E-state index in [0.717, 1.165) is 0 Å². The lowest BCUT2D eigenvalue weighted by molar-refractivity contribution is -0.136. The SMILES string of the molecule is O=C(O)Cc1cc(Br)c(Oc2ccc3[nH]cc(S(=O)(=O)c4ccncc4)c3c2)c(Br)c1. The van der Waals surface area contributed by atoms with Gasteiger partial charge in [-0.15, -0.1) is 0 Å². The van der Waals surface area contributed by atoms with Crippen LogP contribution in [0.5, 0.6) is 11.5 Å². The van der Waals surface area contributed by atoms with Crippen molar-refractivity contribution < 1.29 is 23.1 Å². The van der Waals surface area contributed by atoms with E-state index in [4.69, 9.17) is 9.84 Å². The second kappa shape index (κ2) is 8.45. The molecule has 2 aromatic carbocycles. The summed E-state index contributed by atoms with van der Waals surface area (Å²) in [5.41, 5.74) is 1.25. The molecule has 2 heterocycles. The zero-order valence-electron chi connectivity index (χ0n) is 15.7. The molecule has 158 valence electrons. The van der Waals surface area contributed by atoms with Gasteiger partial charge in [0.25, 0.3) is 0 Å². The van der Waals surface area contributed by atoms with E-state index < -0.39 is 15.8 Å². The maximum absolute atomic E-state index is 13.1. The molecule has 0 aliphatic heterocycles. The molecule has 0 unspecified atom stereocenters. The molecule has 4 rings (SSSR count). The summed E-state index contributed by atoms with van der Waals surface area (Å²) in [6.45, 7) is 0. The number of aliphatic carboxylic acids is 1. The molecule has 7 nitrogen and oxygen atoms in total. The van der Waals surface area contributed by atoms with Gasteiger partial charge >= 0.3 is 5.97 Å². The molecule has 0 bridgehead atoms. The van der Waals surface area contributed by atoms with E-state index in [1.807, 2.05) is 0 Å². The lowest BCUT2D eigenvalue weighted by Gasteiger charge is -2.12. The monoisotopic (exact) mass is 564 g/mol. The molecule has 0 saturated carbocycles. The number of carbonyl (C=O) groups is 1. The van der Waals surface area contributed by atoms with Crippen molar-refractivity contribution in [2.45, 2.75) is 16.2 Å². The number of benzene rings is 2. The van der Waals surface area contributed by atoms with Crippen LogP contribution in [0.25, 0.3) is 10.9 Å². The van der Waals surface area contributed by atoms with Crippen molar-refractivity contribution in [2.24, 2.45) is 0 Å². The van der Waals surface area contributed by atoms with Crippen molar-refractivity contribution >= 4 is 58.6 Å². The number of nitrogens with one attached hydrogen (secondary N) is 1. The quantitative estimate of drug-likeness (QED) is 0.326. The Labute approximate surface area is 194 Å². The van der Waals surface area contributed by atoms with Gasteiger partial charge in [0.2, 0.25) is 9.84 Å². The Morgan fingerprint density at radius 1 is 1.06 bits per heavy atom. The van der Waals surface area contributed by atoms with E-state index in [-0.39, 0.29) is 16.2 Å². The van der Waals surface area contributed by atoms with E-state index in [2.05, 4.69) is 41.8 Å². The number of aromatic amines is 1. The van der Waals surface area contributed by atoms with Crippen LogP contribution in [0.3, 0.4) is 0 Å². The first-order chi connectivity index (χ1) is 14.8. The van der Waals surface area contributed by atoms with Crippen LogP contribution in [-0.4, -0.2) is 29.5 Å². The number of H-pyrrole nitrogens is 1. The van der Waals surface area contributed by atoms with Crippen LogP contribution in [0.4, 0.5) is 0 Å². The first kappa shape index (κ1) is 21.5. The Bertz CT molecular complexity index is 1380. The number of rotatable bonds is 6. The maximum Gasteiger partial charge on any atom is 0.307 e. The molecule has 0 aliphatic carbocycles. The number of halogens is 2. The maximum atomic E-state index is 13.1. The van der Waals surface area contributed by atoms with E-state index in [1.165, 1.54) is 30.7 Å². The molecule has 0 aliphatic rings. The zero-order valence-corrected chi connectivity index (χ0v) is 19.7. The number of fused-ring (bicyclic) bond motifs is 1. The summed E-state index contributed by atoms with van der Waals surface area (Å²) in [6.07, 6.45) is 4.19. The van der Waals surface area contributed by atoms with Gasteiger partial charge in [-0.25, -0.2) is 8.42 Å². The summed E-state index contributed by atoms with van der Waals surface area (Å²) in [5, 5.41) is 9.48. The number of nitrogens with zero attached hydrogens (tertiary/aromatic N) is 1. The molecule has 31 heavy (non-hydrogen) atoms. The number of pyridine rings is 1. The summed E-state index contributed by atoms with van der Waals surface area (Å²) in [7, 11) is -3.75. The Hall–Kier alpha value is -2.69. The highest BCUT2D eigenvalue weighted by Gasteiger charge is 2.22. The highest BCUT2D eigenvalue weighted by molar-refractivity contribution is 9.11. The fraction of sp³-hybridized carbons (Fsp3) is 0.0476. The Morgan fingerprint density at radius 2 is 1.74 bits per heavy atom. The third-order valence-corrected chi connectivity index (χ3v) is 7.49. The molecule has 0 atom stereocenters. The summed E-state index contributed by atoms with van der Waals surface area (Å²) in [4.78, 5) is 18.1. The van der Waals surface area contributed by atoms with Crippen molar-refractivity contribution in [1.82, 2.24) is 9.97 Å². The number of carboxylic acids is 1. The second-order valence-electron chi connectivity index (χ2n) is 6.61. The number of ether oxygens (including phenoxy) is 1. The molecule has 0 fully saturated rings. The predicted octanol–water partition coefficient (Wildman–Crippen LogP) is 5.34. The van der Waals surface area contributed by atoms with Gasteiger partial charge in [0, 0.05) is 29.5 Å². The normalized spacial score (nSPS) is 11.5. The van der Waals surface area contributed by atoms with Crippen molar-refractivity contribution in [3.8, 4) is 11.5 Å². The highest BCUT2D eigenvalue weighted by Crippen LogP contribution is 2.39. The number of carboxylic acid groups (broad SMARTS) is 1. The largest absolute Gasteiger partial charge is 0.481 e. The van der Waals surface area contributed by atoms with Crippen LogP contribution >= 0.6 is 31.9 Å². The molecule has 10 heteroatoms. The summed E-state index contributed by atoms with van der Waals surface area (Å²) in [5.74, 6) is -0.0680. The molecule has 0 spiro atoms. The van der Waals surface area contributed by atoms with Gasteiger partial charge in [-0.3, -0.25) is 9.78 Å². The fourth-order valence-corrected chi connectivity index (χ4v) is 5.96. The summed E-state index contributed by atoms with van der Waals surface area (Å²) in [6, 6.07) is 11.3. The van der Waals surface area contributed by atoms with Gasteiger partial charge in [0.15, 0.2) is 5.75 Å². The molecular weight excluding hydrogens is 552 g/mol. The topological polar surface area (TPSA) is 109 Å². The van der Waals surface area contributed by atoms with Gasteiger partial charge in [-0.1, -0.05) is 0 Å². The minimum atomic E-state index is -3.75. The zero-order chi connectivity index (χ0) is 22.2. The van der Waals surface area contributed by atoms with Crippen LogP contribution in [0, 0.1) is 0 Å². The number of aromatic nitrogens is 2. The summed E-state index contributed by atoms with van der Waals surface area (Å²) >= 11 is 6.82.